The van der Waals surface area contributed by atoms with Crippen LogP contribution in [-0.2, 0) is 6.42 Å². The maximum Gasteiger partial charge on any atom is 0.136 e. The number of fused-ring (bicyclic) bond motifs is 1. The molecule has 1 aromatic carbocycles. The van der Waals surface area contributed by atoms with Crippen LogP contribution in [0.5, 0.6) is 5.75 Å². The number of hydrogen-bond acceptors (Lipinski definition) is 3. The molecule has 0 fully saturated rings. The minimum atomic E-state index is 0.504. The van der Waals surface area contributed by atoms with Gasteiger partial charge in [-0.1, -0.05) is 12.1 Å². The molecule has 0 amide bonds. The summed E-state index contributed by atoms with van der Waals surface area (Å²) < 4.78 is 6.62. The first-order chi connectivity index (χ1) is 7.76. The monoisotopic (exact) mass is 235 g/mol. The number of methoxy groups -OCH3 is 1. The second-order valence-corrected chi connectivity index (χ2v) is 4.87. The third-order valence-corrected chi connectivity index (χ3v) is 3.94. The van der Waals surface area contributed by atoms with E-state index in [0.29, 0.717) is 6.04 Å². The highest BCUT2D eigenvalue weighted by Gasteiger charge is 2.10. The molecule has 0 saturated carbocycles. The number of thiophene rings is 1. The maximum atomic E-state index is 5.37. The Morgan fingerprint density at radius 3 is 2.94 bits per heavy atom. The summed E-state index contributed by atoms with van der Waals surface area (Å²) in [7, 11) is 3.73. The van der Waals surface area contributed by atoms with E-state index in [4.69, 9.17) is 4.74 Å². The molecule has 2 nitrogen and oxygen atoms in total. The van der Waals surface area contributed by atoms with Gasteiger partial charge in [0, 0.05) is 6.04 Å². The first kappa shape index (κ1) is 11.4. The van der Waals surface area contributed by atoms with E-state index in [1.165, 1.54) is 15.6 Å². The molecule has 0 aliphatic heterocycles. The quantitative estimate of drug-likeness (QED) is 0.879. The van der Waals surface area contributed by atoms with Gasteiger partial charge in [-0.05, 0) is 42.8 Å². The van der Waals surface area contributed by atoms with E-state index in [0.717, 1.165) is 12.2 Å². The van der Waals surface area contributed by atoms with Crippen molar-refractivity contribution in [1.29, 1.82) is 0 Å². The number of rotatable bonds is 4. The molecule has 16 heavy (non-hydrogen) atoms. The average Bonchev–Trinajstić information content (AvgIpc) is 2.72. The Balaban J connectivity index is 2.41. The summed E-state index contributed by atoms with van der Waals surface area (Å²) in [5.41, 5.74) is 1.40. The lowest BCUT2D eigenvalue weighted by molar-refractivity contribution is 0.420. The molecule has 1 heterocycles. The van der Waals surface area contributed by atoms with Crippen LogP contribution >= 0.6 is 11.3 Å². The summed E-state index contributed by atoms with van der Waals surface area (Å²) in [6.07, 6.45) is 1.06. The minimum Gasteiger partial charge on any atom is -0.495 e. The molecule has 0 saturated heterocycles. The first-order valence-corrected chi connectivity index (χ1v) is 6.34. The summed E-state index contributed by atoms with van der Waals surface area (Å²) in [4.78, 5) is 0. The topological polar surface area (TPSA) is 21.3 Å². The molecule has 1 aromatic heterocycles. The second-order valence-electron chi connectivity index (χ2n) is 3.99. The van der Waals surface area contributed by atoms with Crippen LogP contribution in [0, 0.1) is 0 Å². The Morgan fingerprint density at radius 1 is 1.44 bits per heavy atom. The van der Waals surface area contributed by atoms with Crippen LogP contribution in [0.25, 0.3) is 10.1 Å². The highest BCUT2D eigenvalue weighted by Crippen LogP contribution is 2.34. The molecule has 2 aromatic rings. The standard InChI is InChI=1S/C13H17NOS/c1-9(14-2)7-10-8-16-13-11(10)5-4-6-12(13)15-3/h4-6,8-9,14H,7H2,1-3H3. The molecule has 0 bridgehead atoms. The molecular formula is C13H17NOS. The van der Waals surface area contributed by atoms with Crippen LogP contribution in [0.3, 0.4) is 0 Å². The zero-order valence-electron chi connectivity index (χ0n) is 9.91. The normalized spacial score (nSPS) is 12.9. The molecule has 0 aliphatic rings. The van der Waals surface area contributed by atoms with E-state index < -0.39 is 0 Å². The van der Waals surface area contributed by atoms with Gasteiger partial charge in [-0.25, -0.2) is 0 Å². The minimum absolute atomic E-state index is 0.504. The maximum absolute atomic E-state index is 5.37. The van der Waals surface area contributed by atoms with Crippen LogP contribution in [0.4, 0.5) is 0 Å². The highest BCUT2D eigenvalue weighted by atomic mass is 32.1. The van der Waals surface area contributed by atoms with Gasteiger partial charge in [0.2, 0.25) is 0 Å². The SMILES string of the molecule is CNC(C)Cc1csc2c(OC)cccc12. The fourth-order valence-corrected chi connectivity index (χ4v) is 2.91. The molecule has 1 N–H and O–H groups in total. The smallest absolute Gasteiger partial charge is 0.136 e. The van der Waals surface area contributed by atoms with Crippen molar-refractivity contribution >= 4 is 21.4 Å². The van der Waals surface area contributed by atoms with E-state index in [1.54, 1.807) is 18.4 Å². The van der Waals surface area contributed by atoms with Gasteiger partial charge in [-0.2, -0.15) is 0 Å². The second kappa shape index (κ2) is 4.85. The Morgan fingerprint density at radius 2 is 2.25 bits per heavy atom. The van der Waals surface area contributed by atoms with Gasteiger partial charge >= 0.3 is 0 Å². The fraction of sp³-hybridized carbons (Fsp3) is 0.385. The molecule has 86 valence electrons. The van der Waals surface area contributed by atoms with Crippen molar-refractivity contribution in [3.63, 3.8) is 0 Å². The largest absolute Gasteiger partial charge is 0.495 e. The van der Waals surface area contributed by atoms with Gasteiger partial charge in [0.25, 0.3) is 0 Å². The van der Waals surface area contributed by atoms with Crippen molar-refractivity contribution in [1.82, 2.24) is 5.32 Å². The number of hydrogen-bond donors (Lipinski definition) is 1. The lowest BCUT2D eigenvalue weighted by Gasteiger charge is -2.09. The van der Waals surface area contributed by atoms with Crippen molar-refractivity contribution in [2.24, 2.45) is 0 Å². The van der Waals surface area contributed by atoms with Gasteiger partial charge in [0.1, 0.15) is 5.75 Å². The number of likely N-dealkylation sites (N-methyl/N-ethyl adjacent to an activating group) is 1. The lowest BCUT2D eigenvalue weighted by Crippen LogP contribution is -2.23. The van der Waals surface area contributed by atoms with Crippen LogP contribution in [-0.4, -0.2) is 20.2 Å². The summed E-state index contributed by atoms with van der Waals surface area (Å²) >= 11 is 1.76. The molecule has 0 spiro atoms. The molecule has 0 aliphatic carbocycles. The predicted molar refractivity (Wildman–Crippen MR) is 70.6 cm³/mol. The van der Waals surface area contributed by atoms with Crippen LogP contribution in [0.2, 0.25) is 0 Å². The molecule has 2 rings (SSSR count). The van der Waals surface area contributed by atoms with Crippen molar-refractivity contribution in [3.8, 4) is 5.75 Å². The zero-order valence-corrected chi connectivity index (χ0v) is 10.7. The van der Waals surface area contributed by atoms with E-state index in [-0.39, 0.29) is 0 Å². The third-order valence-electron chi connectivity index (χ3n) is 2.88. The van der Waals surface area contributed by atoms with Crippen molar-refractivity contribution < 1.29 is 4.74 Å². The van der Waals surface area contributed by atoms with Crippen LogP contribution < -0.4 is 10.1 Å². The average molecular weight is 235 g/mol. The predicted octanol–water partition coefficient (Wildman–Crippen LogP) is 3.06. The van der Waals surface area contributed by atoms with Gasteiger partial charge in [-0.3, -0.25) is 0 Å². The van der Waals surface area contributed by atoms with E-state index >= 15 is 0 Å². The molecule has 1 unspecified atom stereocenters. The summed E-state index contributed by atoms with van der Waals surface area (Å²) in [5, 5.41) is 6.83. The van der Waals surface area contributed by atoms with E-state index in [9.17, 15) is 0 Å². The first-order valence-electron chi connectivity index (χ1n) is 5.46. The molecule has 3 heteroatoms. The number of ether oxygens (including phenoxy) is 1. The Labute approximate surface area is 100 Å². The van der Waals surface area contributed by atoms with Gasteiger partial charge in [-0.15, -0.1) is 11.3 Å². The van der Waals surface area contributed by atoms with Crippen molar-refractivity contribution in [2.75, 3.05) is 14.2 Å². The number of benzene rings is 1. The Kier molecular flexibility index (Phi) is 3.46. The summed E-state index contributed by atoms with van der Waals surface area (Å²) in [5.74, 6) is 0.978. The van der Waals surface area contributed by atoms with E-state index in [2.05, 4.69) is 29.8 Å². The Hall–Kier alpha value is -1.06. The van der Waals surface area contributed by atoms with Crippen LogP contribution in [0.15, 0.2) is 23.6 Å². The molecule has 1 atom stereocenters. The fourth-order valence-electron chi connectivity index (χ4n) is 1.83. The molecular weight excluding hydrogens is 218 g/mol. The van der Waals surface area contributed by atoms with Crippen LogP contribution in [0.1, 0.15) is 12.5 Å². The highest BCUT2D eigenvalue weighted by molar-refractivity contribution is 7.17. The van der Waals surface area contributed by atoms with Gasteiger partial charge in [0.15, 0.2) is 0 Å². The van der Waals surface area contributed by atoms with Gasteiger partial charge in [0.05, 0.1) is 11.8 Å². The Bertz CT molecular complexity index is 478. The molecule has 0 radical (unpaired) electrons. The third kappa shape index (κ3) is 2.06. The summed E-state index contributed by atoms with van der Waals surface area (Å²) in [6.45, 7) is 2.20. The van der Waals surface area contributed by atoms with Crippen molar-refractivity contribution in [3.05, 3.63) is 29.1 Å². The zero-order chi connectivity index (χ0) is 11.5. The van der Waals surface area contributed by atoms with E-state index in [1.807, 2.05) is 13.1 Å². The van der Waals surface area contributed by atoms with Gasteiger partial charge < -0.3 is 10.1 Å². The summed E-state index contributed by atoms with van der Waals surface area (Å²) in [6, 6.07) is 6.75. The van der Waals surface area contributed by atoms with Crippen molar-refractivity contribution in [2.45, 2.75) is 19.4 Å². The number of nitrogens with one attached hydrogen (secondary N) is 1. The lowest BCUT2D eigenvalue weighted by atomic mass is 10.1.